The molecule has 0 saturated carbocycles. The van der Waals surface area contributed by atoms with Crippen molar-refractivity contribution in [2.45, 2.75) is 18.5 Å². The van der Waals surface area contributed by atoms with E-state index < -0.39 is 24.0 Å². The molecule has 2 atom stereocenters. The lowest BCUT2D eigenvalue weighted by molar-refractivity contribution is -0.145. The van der Waals surface area contributed by atoms with Crippen molar-refractivity contribution in [2.24, 2.45) is 0 Å². The molecule has 2 heterocycles. The number of rotatable bonds is 6. The second-order valence-electron chi connectivity index (χ2n) is 7.43. The SMILES string of the molecule is COC(=O)[C@H](Cc1ccc(OC)cc1)NC(=O)[C@H]1CNCCN1C(=O)N1CCOCC1. The van der Waals surface area contributed by atoms with Crippen LogP contribution in [0.4, 0.5) is 4.79 Å². The molecule has 170 valence electrons. The van der Waals surface area contributed by atoms with Gasteiger partial charge in [-0.15, -0.1) is 0 Å². The maximum Gasteiger partial charge on any atom is 0.328 e. The molecule has 1 aromatic carbocycles. The number of carbonyl (C=O) groups is 3. The van der Waals surface area contributed by atoms with Gasteiger partial charge in [-0.3, -0.25) is 4.79 Å². The molecular weight excluding hydrogens is 404 g/mol. The summed E-state index contributed by atoms with van der Waals surface area (Å²) in [5.41, 5.74) is 0.847. The predicted molar refractivity (Wildman–Crippen MR) is 112 cm³/mol. The lowest BCUT2D eigenvalue weighted by Crippen LogP contribution is -2.64. The summed E-state index contributed by atoms with van der Waals surface area (Å²) >= 11 is 0. The van der Waals surface area contributed by atoms with Gasteiger partial charge in [0.2, 0.25) is 5.91 Å². The van der Waals surface area contributed by atoms with Crippen molar-refractivity contribution in [3.63, 3.8) is 0 Å². The van der Waals surface area contributed by atoms with Crippen LogP contribution in [0.1, 0.15) is 5.56 Å². The van der Waals surface area contributed by atoms with Crippen molar-refractivity contribution >= 4 is 17.9 Å². The first-order valence-electron chi connectivity index (χ1n) is 10.4. The van der Waals surface area contributed by atoms with Crippen LogP contribution >= 0.6 is 0 Å². The first-order chi connectivity index (χ1) is 15.0. The number of urea groups is 1. The molecule has 2 aliphatic heterocycles. The molecule has 31 heavy (non-hydrogen) atoms. The van der Waals surface area contributed by atoms with E-state index in [1.54, 1.807) is 29.0 Å². The summed E-state index contributed by atoms with van der Waals surface area (Å²) in [4.78, 5) is 41.7. The fourth-order valence-corrected chi connectivity index (χ4v) is 3.70. The van der Waals surface area contributed by atoms with Gasteiger partial charge in [-0.05, 0) is 17.7 Å². The van der Waals surface area contributed by atoms with E-state index in [4.69, 9.17) is 14.2 Å². The fraction of sp³-hybridized carbons (Fsp3) is 0.571. The van der Waals surface area contributed by atoms with Gasteiger partial charge in [-0.2, -0.15) is 0 Å². The monoisotopic (exact) mass is 434 g/mol. The van der Waals surface area contributed by atoms with Crippen LogP contribution in [0.15, 0.2) is 24.3 Å². The van der Waals surface area contributed by atoms with E-state index >= 15 is 0 Å². The Hall–Kier alpha value is -2.85. The Labute approximate surface area is 181 Å². The first-order valence-corrected chi connectivity index (χ1v) is 10.4. The Balaban J connectivity index is 1.69. The number of carbonyl (C=O) groups excluding carboxylic acids is 3. The van der Waals surface area contributed by atoms with Crippen LogP contribution < -0.4 is 15.4 Å². The average molecular weight is 434 g/mol. The number of nitrogens with one attached hydrogen (secondary N) is 2. The molecule has 0 radical (unpaired) electrons. The number of morpholine rings is 1. The Kier molecular flexibility index (Phi) is 8.07. The van der Waals surface area contributed by atoms with Gasteiger partial charge in [0, 0.05) is 39.1 Å². The number of piperazine rings is 1. The molecule has 0 aliphatic carbocycles. The van der Waals surface area contributed by atoms with Crippen molar-refractivity contribution in [3.05, 3.63) is 29.8 Å². The van der Waals surface area contributed by atoms with Gasteiger partial charge in [0.1, 0.15) is 17.8 Å². The Morgan fingerprint density at radius 3 is 2.52 bits per heavy atom. The lowest BCUT2D eigenvalue weighted by Gasteiger charge is -2.39. The maximum absolute atomic E-state index is 13.1. The Morgan fingerprint density at radius 1 is 1.16 bits per heavy atom. The number of methoxy groups -OCH3 is 2. The zero-order chi connectivity index (χ0) is 22.2. The molecule has 2 N–H and O–H groups in total. The first kappa shape index (κ1) is 22.8. The number of nitrogens with zero attached hydrogens (tertiary/aromatic N) is 2. The summed E-state index contributed by atoms with van der Waals surface area (Å²) < 4.78 is 15.4. The summed E-state index contributed by atoms with van der Waals surface area (Å²) in [7, 11) is 2.86. The van der Waals surface area contributed by atoms with E-state index in [9.17, 15) is 14.4 Å². The normalized spacial score (nSPS) is 20.0. The molecule has 2 aliphatic rings. The highest BCUT2D eigenvalue weighted by Gasteiger charge is 2.36. The molecule has 0 unspecified atom stereocenters. The minimum Gasteiger partial charge on any atom is -0.497 e. The van der Waals surface area contributed by atoms with E-state index in [2.05, 4.69) is 10.6 Å². The van der Waals surface area contributed by atoms with Crippen LogP contribution in [-0.4, -0.2) is 99.9 Å². The predicted octanol–water partition coefficient (Wildman–Crippen LogP) is -0.378. The van der Waals surface area contributed by atoms with E-state index in [-0.39, 0.29) is 12.5 Å². The zero-order valence-electron chi connectivity index (χ0n) is 18.0. The molecule has 0 bridgehead atoms. The second kappa shape index (κ2) is 11.0. The van der Waals surface area contributed by atoms with E-state index in [0.717, 1.165) is 5.56 Å². The van der Waals surface area contributed by atoms with Gasteiger partial charge in [-0.25, -0.2) is 9.59 Å². The molecule has 1 aromatic rings. The van der Waals surface area contributed by atoms with E-state index in [1.165, 1.54) is 7.11 Å². The van der Waals surface area contributed by atoms with Crippen molar-refractivity contribution in [1.82, 2.24) is 20.4 Å². The van der Waals surface area contributed by atoms with Gasteiger partial charge in [0.05, 0.1) is 27.4 Å². The summed E-state index contributed by atoms with van der Waals surface area (Å²) in [6, 6.07) is 5.47. The summed E-state index contributed by atoms with van der Waals surface area (Å²) in [6.45, 7) is 3.31. The zero-order valence-corrected chi connectivity index (χ0v) is 18.0. The molecule has 2 saturated heterocycles. The van der Waals surface area contributed by atoms with E-state index in [1.807, 2.05) is 12.1 Å². The number of amides is 3. The summed E-state index contributed by atoms with van der Waals surface area (Å²) in [5, 5.41) is 5.93. The van der Waals surface area contributed by atoms with Crippen LogP contribution in [0, 0.1) is 0 Å². The molecular formula is C21H30N4O6. The third kappa shape index (κ3) is 5.86. The van der Waals surface area contributed by atoms with Gasteiger partial charge in [-0.1, -0.05) is 12.1 Å². The van der Waals surface area contributed by atoms with Gasteiger partial charge in [0.25, 0.3) is 0 Å². The quantitative estimate of drug-likeness (QED) is 0.588. The van der Waals surface area contributed by atoms with Crippen LogP contribution in [0.25, 0.3) is 0 Å². The minimum atomic E-state index is -0.867. The highest BCUT2D eigenvalue weighted by Crippen LogP contribution is 2.14. The fourth-order valence-electron chi connectivity index (χ4n) is 3.70. The number of hydrogen-bond acceptors (Lipinski definition) is 7. The molecule has 10 heteroatoms. The lowest BCUT2D eigenvalue weighted by atomic mass is 10.0. The second-order valence-corrected chi connectivity index (χ2v) is 7.43. The molecule has 2 fully saturated rings. The Morgan fingerprint density at radius 2 is 1.87 bits per heavy atom. The average Bonchev–Trinajstić information content (AvgIpc) is 2.83. The van der Waals surface area contributed by atoms with Gasteiger partial charge < -0.3 is 34.6 Å². The Bertz CT molecular complexity index is 766. The van der Waals surface area contributed by atoms with Crippen LogP contribution in [0.2, 0.25) is 0 Å². The molecule has 3 amide bonds. The third-order valence-electron chi connectivity index (χ3n) is 5.47. The molecule has 3 rings (SSSR count). The highest BCUT2D eigenvalue weighted by molar-refractivity contribution is 5.91. The summed E-state index contributed by atoms with van der Waals surface area (Å²) in [5.74, 6) is -0.232. The number of ether oxygens (including phenoxy) is 3. The smallest absolute Gasteiger partial charge is 0.328 e. The van der Waals surface area contributed by atoms with Crippen molar-refractivity contribution in [1.29, 1.82) is 0 Å². The number of benzene rings is 1. The van der Waals surface area contributed by atoms with Crippen LogP contribution in [0.5, 0.6) is 5.75 Å². The highest BCUT2D eigenvalue weighted by atomic mass is 16.5. The molecule has 0 aromatic heterocycles. The van der Waals surface area contributed by atoms with Gasteiger partial charge >= 0.3 is 12.0 Å². The van der Waals surface area contributed by atoms with E-state index in [0.29, 0.717) is 51.7 Å². The van der Waals surface area contributed by atoms with Gasteiger partial charge in [0.15, 0.2) is 0 Å². The van der Waals surface area contributed by atoms with Crippen LogP contribution in [0.3, 0.4) is 0 Å². The summed E-state index contributed by atoms with van der Waals surface area (Å²) in [6.07, 6.45) is 0.264. The van der Waals surface area contributed by atoms with Crippen LogP contribution in [-0.2, 0) is 25.5 Å². The molecule has 0 spiro atoms. The van der Waals surface area contributed by atoms with Crippen molar-refractivity contribution < 1.29 is 28.6 Å². The molecule has 10 nitrogen and oxygen atoms in total. The van der Waals surface area contributed by atoms with Crippen molar-refractivity contribution in [3.8, 4) is 5.75 Å². The van der Waals surface area contributed by atoms with Crippen molar-refractivity contribution in [2.75, 3.05) is 60.2 Å². The third-order valence-corrected chi connectivity index (χ3v) is 5.47. The maximum atomic E-state index is 13.1. The number of esters is 1. The topological polar surface area (TPSA) is 109 Å². The largest absolute Gasteiger partial charge is 0.497 e. The number of hydrogen-bond donors (Lipinski definition) is 2. The minimum absolute atomic E-state index is 0.185. The standard InChI is InChI=1S/C21H30N4O6/c1-29-16-5-3-15(4-6-16)13-17(20(27)30-2)23-19(26)18-14-22-7-8-25(18)21(28)24-9-11-31-12-10-24/h3-6,17-18,22H,7-14H2,1-2H3,(H,23,26)/t17-,18+/m0/s1.